The van der Waals surface area contributed by atoms with Crippen LogP contribution in [-0.2, 0) is 19.0 Å². The van der Waals surface area contributed by atoms with Crippen LogP contribution in [-0.4, -0.2) is 44.1 Å². The van der Waals surface area contributed by atoms with Gasteiger partial charge < -0.3 is 19.3 Å². The van der Waals surface area contributed by atoms with Gasteiger partial charge in [-0.15, -0.1) is 0 Å². The predicted octanol–water partition coefficient (Wildman–Crippen LogP) is 0.479. The molecule has 0 aromatic carbocycles. The number of hydrogen-bond donors (Lipinski definition) is 1. The molecule has 88 valence electrons. The molecule has 0 aliphatic carbocycles. The molecule has 15 heavy (non-hydrogen) atoms. The summed E-state index contributed by atoms with van der Waals surface area (Å²) in [5.41, 5.74) is 0.416. The molecule has 0 amide bonds. The summed E-state index contributed by atoms with van der Waals surface area (Å²) >= 11 is 0. The highest BCUT2D eigenvalue weighted by Crippen LogP contribution is 1.96. The number of rotatable bonds is 8. The Hall–Kier alpha value is -1.07. The van der Waals surface area contributed by atoms with E-state index in [1.807, 2.05) is 0 Å². The summed E-state index contributed by atoms with van der Waals surface area (Å²) in [6.45, 7) is 4.73. The van der Waals surface area contributed by atoms with Gasteiger partial charge in [0.1, 0.15) is 6.61 Å². The monoisotopic (exact) mass is 218 g/mol. The van der Waals surface area contributed by atoms with E-state index in [4.69, 9.17) is 19.3 Å². The molecule has 0 radical (unpaired) electrons. The van der Waals surface area contributed by atoms with Gasteiger partial charge in [-0.05, 0) is 13.8 Å². The zero-order chi connectivity index (χ0) is 11.5. The van der Waals surface area contributed by atoms with E-state index < -0.39 is 0 Å². The van der Waals surface area contributed by atoms with Gasteiger partial charge in [0.05, 0.1) is 38.3 Å². The summed E-state index contributed by atoms with van der Waals surface area (Å²) in [6, 6.07) is 0. The summed E-state index contributed by atoms with van der Waals surface area (Å²) < 4.78 is 14.7. The first-order chi connectivity index (χ1) is 7.22. The smallest absolute Gasteiger partial charge is 0.336 e. The van der Waals surface area contributed by atoms with Crippen molar-refractivity contribution in [3.8, 4) is 0 Å². The first-order valence-corrected chi connectivity index (χ1v) is 4.86. The highest BCUT2D eigenvalue weighted by molar-refractivity contribution is 5.87. The summed E-state index contributed by atoms with van der Waals surface area (Å²) in [5.74, 6) is -0.381. The molecule has 5 heteroatoms. The fourth-order valence-corrected chi connectivity index (χ4v) is 0.751. The normalized spacial score (nSPS) is 11.3. The molecule has 0 atom stereocenters. The first kappa shape index (κ1) is 13.9. The van der Waals surface area contributed by atoms with Crippen molar-refractivity contribution < 1.29 is 24.1 Å². The largest absolute Gasteiger partial charge is 0.498 e. The van der Waals surface area contributed by atoms with Gasteiger partial charge in [-0.1, -0.05) is 0 Å². The Kier molecular flexibility index (Phi) is 8.81. The summed E-state index contributed by atoms with van der Waals surface area (Å²) in [4.78, 5) is 11.1. The van der Waals surface area contributed by atoms with Crippen LogP contribution >= 0.6 is 0 Å². The van der Waals surface area contributed by atoms with E-state index in [9.17, 15) is 4.79 Å². The molecule has 0 bridgehead atoms. The van der Waals surface area contributed by atoms with Gasteiger partial charge in [0.2, 0.25) is 0 Å². The molecular formula is C10H18O5. The Labute approximate surface area is 89.6 Å². The van der Waals surface area contributed by atoms with E-state index >= 15 is 0 Å². The van der Waals surface area contributed by atoms with E-state index in [0.717, 1.165) is 0 Å². The Bertz CT molecular complexity index is 200. The minimum absolute atomic E-state index is 0.00229. The maximum atomic E-state index is 11.1. The fourth-order valence-electron chi connectivity index (χ4n) is 0.751. The van der Waals surface area contributed by atoms with Gasteiger partial charge in [-0.2, -0.15) is 0 Å². The van der Waals surface area contributed by atoms with Crippen LogP contribution in [0.4, 0.5) is 0 Å². The average molecular weight is 218 g/mol. The molecule has 0 aliphatic heterocycles. The summed E-state index contributed by atoms with van der Waals surface area (Å²) in [7, 11) is 0. The van der Waals surface area contributed by atoms with Crippen molar-refractivity contribution >= 4 is 5.97 Å². The Balaban J connectivity index is 3.53. The SMILES string of the molecule is CCOC(=O)C(C)=COCCOCCO. The Morgan fingerprint density at radius 3 is 2.67 bits per heavy atom. The van der Waals surface area contributed by atoms with E-state index in [1.165, 1.54) is 6.26 Å². The molecule has 0 aromatic rings. The third kappa shape index (κ3) is 7.96. The summed E-state index contributed by atoms with van der Waals surface area (Å²) in [6.07, 6.45) is 1.35. The van der Waals surface area contributed by atoms with E-state index in [1.54, 1.807) is 13.8 Å². The second kappa shape index (κ2) is 9.48. The number of ether oxygens (including phenoxy) is 3. The molecule has 0 unspecified atom stereocenters. The zero-order valence-corrected chi connectivity index (χ0v) is 9.19. The number of carbonyl (C=O) groups is 1. The number of carbonyl (C=O) groups excluding carboxylic acids is 1. The van der Waals surface area contributed by atoms with Crippen molar-refractivity contribution in [2.24, 2.45) is 0 Å². The number of aliphatic hydroxyl groups excluding tert-OH is 1. The molecule has 0 spiro atoms. The Morgan fingerprint density at radius 1 is 1.33 bits per heavy atom. The predicted molar refractivity (Wildman–Crippen MR) is 54.2 cm³/mol. The minimum atomic E-state index is -0.381. The lowest BCUT2D eigenvalue weighted by atomic mass is 10.3. The van der Waals surface area contributed by atoms with Gasteiger partial charge in [0.15, 0.2) is 0 Å². The van der Waals surface area contributed by atoms with Gasteiger partial charge in [-0.25, -0.2) is 4.79 Å². The van der Waals surface area contributed by atoms with Crippen LogP contribution in [0.3, 0.4) is 0 Å². The van der Waals surface area contributed by atoms with Crippen molar-refractivity contribution in [1.82, 2.24) is 0 Å². The molecule has 0 rings (SSSR count). The lowest BCUT2D eigenvalue weighted by Gasteiger charge is -2.04. The van der Waals surface area contributed by atoms with Gasteiger partial charge in [0, 0.05) is 0 Å². The minimum Gasteiger partial charge on any atom is -0.498 e. The quantitative estimate of drug-likeness (QED) is 0.278. The van der Waals surface area contributed by atoms with Crippen LogP contribution < -0.4 is 0 Å². The highest BCUT2D eigenvalue weighted by Gasteiger charge is 2.03. The topological polar surface area (TPSA) is 65.0 Å². The molecular weight excluding hydrogens is 200 g/mol. The molecule has 5 nitrogen and oxygen atoms in total. The number of hydrogen-bond acceptors (Lipinski definition) is 5. The van der Waals surface area contributed by atoms with Crippen molar-refractivity contribution in [2.45, 2.75) is 13.8 Å². The second-order valence-corrected chi connectivity index (χ2v) is 2.73. The molecule has 0 fully saturated rings. The third-order valence-electron chi connectivity index (χ3n) is 1.44. The van der Waals surface area contributed by atoms with Crippen LogP contribution in [0.1, 0.15) is 13.8 Å². The van der Waals surface area contributed by atoms with Gasteiger partial charge >= 0.3 is 5.97 Å². The molecule has 0 aromatic heterocycles. The molecule has 0 aliphatic rings. The summed E-state index contributed by atoms with van der Waals surface area (Å²) in [5, 5.41) is 8.40. The lowest BCUT2D eigenvalue weighted by molar-refractivity contribution is -0.138. The van der Waals surface area contributed by atoms with Crippen molar-refractivity contribution in [3.63, 3.8) is 0 Å². The second-order valence-electron chi connectivity index (χ2n) is 2.73. The first-order valence-electron chi connectivity index (χ1n) is 4.86. The maximum Gasteiger partial charge on any atom is 0.336 e. The zero-order valence-electron chi connectivity index (χ0n) is 9.19. The Morgan fingerprint density at radius 2 is 2.07 bits per heavy atom. The van der Waals surface area contributed by atoms with Crippen LogP contribution in [0.25, 0.3) is 0 Å². The van der Waals surface area contributed by atoms with E-state index in [2.05, 4.69) is 0 Å². The van der Waals surface area contributed by atoms with E-state index in [0.29, 0.717) is 32.0 Å². The maximum absolute atomic E-state index is 11.1. The van der Waals surface area contributed by atoms with Crippen LogP contribution in [0.2, 0.25) is 0 Å². The van der Waals surface area contributed by atoms with Crippen LogP contribution in [0.5, 0.6) is 0 Å². The molecule has 0 saturated carbocycles. The van der Waals surface area contributed by atoms with Crippen molar-refractivity contribution in [1.29, 1.82) is 0 Å². The molecule has 0 saturated heterocycles. The average Bonchev–Trinajstić information content (AvgIpc) is 2.23. The van der Waals surface area contributed by atoms with Gasteiger partial charge in [-0.3, -0.25) is 0 Å². The standard InChI is InChI=1S/C10H18O5/c1-3-15-10(12)9(2)8-14-7-6-13-5-4-11/h8,11H,3-7H2,1-2H3. The molecule has 0 heterocycles. The lowest BCUT2D eigenvalue weighted by Crippen LogP contribution is -2.08. The molecule has 1 N–H and O–H groups in total. The van der Waals surface area contributed by atoms with Crippen molar-refractivity contribution in [3.05, 3.63) is 11.8 Å². The van der Waals surface area contributed by atoms with Crippen LogP contribution in [0.15, 0.2) is 11.8 Å². The number of esters is 1. The number of aliphatic hydroxyl groups is 1. The van der Waals surface area contributed by atoms with Crippen LogP contribution in [0, 0.1) is 0 Å². The van der Waals surface area contributed by atoms with Crippen molar-refractivity contribution in [2.75, 3.05) is 33.0 Å². The highest BCUT2D eigenvalue weighted by atomic mass is 16.5. The fraction of sp³-hybridized carbons (Fsp3) is 0.700. The third-order valence-corrected chi connectivity index (χ3v) is 1.44. The van der Waals surface area contributed by atoms with E-state index in [-0.39, 0.29) is 12.6 Å². The van der Waals surface area contributed by atoms with Gasteiger partial charge in [0.25, 0.3) is 0 Å².